The van der Waals surface area contributed by atoms with Crippen molar-refractivity contribution in [1.82, 2.24) is 19.4 Å². The second-order valence-corrected chi connectivity index (χ2v) is 8.34. The van der Waals surface area contributed by atoms with Gasteiger partial charge in [-0.2, -0.15) is 0 Å². The maximum absolute atomic E-state index is 12.7. The Bertz CT molecular complexity index is 807. The number of carbonyl (C=O) groups excluding carboxylic acids is 1. The Morgan fingerprint density at radius 1 is 1.11 bits per heavy atom. The summed E-state index contributed by atoms with van der Waals surface area (Å²) in [6, 6.07) is 1.49. The summed E-state index contributed by atoms with van der Waals surface area (Å²) in [5.74, 6) is 1.36. The molecule has 1 amide bonds. The molecule has 0 aliphatic carbocycles. The van der Waals surface area contributed by atoms with Gasteiger partial charge in [-0.1, -0.05) is 6.92 Å². The van der Waals surface area contributed by atoms with Crippen LogP contribution in [0.15, 0.2) is 15.7 Å². The molecule has 0 spiro atoms. The minimum absolute atomic E-state index is 0.0731. The third-order valence-corrected chi connectivity index (χ3v) is 6.22. The minimum Gasteiger partial charge on any atom is -0.357 e. The Labute approximate surface area is 166 Å². The maximum atomic E-state index is 12.7. The van der Waals surface area contributed by atoms with E-state index in [9.17, 15) is 14.4 Å². The van der Waals surface area contributed by atoms with Gasteiger partial charge in [0.25, 0.3) is 5.56 Å². The number of piperidine rings is 2. The molecule has 2 aliphatic heterocycles. The lowest BCUT2D eigenvalue weighted by Gasteiger charge is -2.34. The number of anilines is 1. The first-order valence-electron chi connectivity index (χ1n) is 10.4. The summed E-state index contributed by atoms with van der Waals surface area (Å²) in [7, 11) is 3.14. The fourth-order valence-corrected chi connectivity index (χ4v) is 4.19. The summed E-state index contributed by atoms with van der Waals surface area (Å²) in [6.07, 6.45) is 4.18. The van der Waals surface area contributed by atoms with Gasteiger partial charge in [0.1, 0.15) is 5.82 Å². The Hall–Kier alpha value is -2.09. The third-order valence-electron chi connectivity index (χ3n) is 6.22. The van der Waals surface area contributed by atoms with Crippen molar-refractivity contribution in [2.45, 2.75) is 32.6 Å². The van der Waals surface area contributed by atoms with Gasteiger partial charge in [-0.3, -0.25) is 18.7 Å². The number of likely N-dealkylation sites (tertiary alicyclic amines) is 1. The molecule has 2 aliphatic rings. The van der Waals surface area contributed by atoms with E-state index in [2.05, 4.69) is 17.1 Å². The topological polar surface area (TPSA) is 79.6 Å². The van der Waals surface area contributed by atoms with Crippen LogP contribution in [0.5, 0.6) is 0 Å². The number of amides is 1. The van der Waals surface area contributed by atoms with Crippen molar-refractivity contribution in [2.75, 3.05) is 44.2 Å². The maximum Gasteiger partial charge on any atom is 0.332 e. The van der Waals surface area contributed by atoms with Gasteiger partial charge in [-0.15, -0.1) is 0 Å². The molecular formula is C20H33N5O3. The highest BCUT2D eigenvalue weighted by atomic mass is 16.2. The average Bonchev–Trinajstić information content (AvgIpc) is 2.70. The highest BCUT2D eigenvalue weighted by Gasteiger charge is 2.27. The van der Waals surface area contributed by atoms with E-state index in [4.69, 9.17) is 0 Å². The number of aromatic nitrogens is 2. The smallest absolute Gasteiger partial charge is 0.332 e. The van der Waals surface area contributed by atoms with Crippen LogP contribution < -0.4 is 21.5 Å². The van der Waals surface area contributed by atoms with Gasteiger partial charge in [0.2, 0.25) is 5.91 Å². The SMILES string of the molecule is CC1CCN(CCNC(=O)C2CCCN(c3cc(=O)n(C)c(=O)n3C)C2)CC1. The molecular weight excluding hydrogens is 358 g/mol. The molecule has 2 saturated heterocycles. The van der Waals surface area contributed by atoms with Crippen molar-refractivity contribution in [3.8, 4) is 0 Å². The van der Waals surface area contributed by atoms with Crippen molar-refractivity contribution < 1.29 is 4.79 Å². The van der Waals surface area contributed by atoms with Crippen LogP contribution in [-0.4, -0.2) is 59.2 Å². The number of nitrogens with one attached hydrogen (secondary N) is 1. The van der Waals surface area contributed by atoms with E-state index in [1.807, 2.05) is 4.90 Å². The normalized spacial score (nSPS) is 21.7. The predicted molar refractivity (Wildman–Crippen MR) is 110 cm³/mol. The number of nitrogens with zero attached hydrogens (tertiary/aromatic N) is 4. The molecule has 0 radical (unpaired) electrons. The zero-order valence-corrected chi connectivity index (χ0v) is 17.3. The molecule has 3 rings (SSSR count). The molecule has 3 heterocycles. The van der Waals surface area contributed by atoms with Gasteiger partial charge in [0.15, 0.2) is 0 Å². The van der Waals surface area contributed by atoms with Gasteiger partial charge in [-0.25, -0.2) is 4.79 Å². The predicted octanol–water partition coefficient (Wildman–Crippen LogP) is 0.149. The fourth-order valence-electron chi connectivity index (χ4n) is 4.19. The summed E-state index contributed by atoms with van der Waals surface area (Å²) < 4.78 is 2.58. The summed E-state index contributed by atoms with van der Waals surface area (Å²) >= 11 is 0. The van der Waals surface area contributed by atoms with Crippen LogP contribution in [0.3, 0.4) is 0 Å². The second-order valence-electron chi connectivity index (χ2n) is 8.34. The van der Waals surface area contributed by atoms with Gasteiger partial charge >= 0.3 is 5.69 Å². The lowest BCUT2D eigenvalue weighted by molar-refractivity contribution is -0.125. The average molecular weight is 392 g/mol. The van der Waals surface area contributed by atoms with Crippen molar-refractivity contribution in [2.24, 2.45) is 25.9 Å². The Morgan fingerprint density at radius 3 is 2.54 bits per heavy atom. The third kappa shape index (κ3) is 4.66. The molecule has 0 aromatic carbocycles. The van der Waals surface area contributed by atoms with Crippen LogP contribution in [0, 0.1) is 11.8 Å². The number of hydrogen-bond acceptors (Lipinski definition) is 5. The van der Waals surface area contributed by atoms with Crippen molar-refractivity contribution in [3.05, 3.63) is 26.9 Å². The monoisotopic (exact) mass is 391 g/mol. The standard InChI is InChI=1S/C20H33N5O3/c1-15-6-10-24(11-7-15)12-8-21-19(27)16-5-4-9-25(14-16)17-13-18(26)23(3)20(28)22(17)2/h13,15-16H,4-12,14H2,1-3H3,(H,21,27). The molecule has 0 saturated carbocycles. The van der Waals surface area contributed by atoms with Gasteiger partial charge < -0.3 is 15.1 Å². The van der Waals surface area contributed by atoms with Crippen LogP contribution >= 0.6 is 0 Å². The largest absolute Gasteiger partial charge is 0.357 e. The quantitative estimate of drug-likeness (QED) is 0.773. The second kappa shape index (κ2) is 8.94. The Kier molecular flexibility index (Phi) is 6.59. The molecule has 0 bridgehead atoms. The van der Waals surface area contributed by atoms with Crippen LogP contribution in [0.25, 0.3) is 0 Å². The van der Waals surface area contributed by atoms with E-state index < -0.39 is 0 Å². The minimum atomic E-state index is -0.343. The van der Waals surface area contributed by atoms with Crippen molar-refractivity contribution in [1.29, 1.82) is 0 Å². The van der Waals surface area contributed by atoms with Crippen LogP contribution in [0.4, 0.5) is 5.82 Å². The van der Waals surface area contributed by atoms with Crippen LogP contribution in [0.1, 0.15) is 32.6 Å². The number of rotatable bonds is 5. The number of carbonyl (C=O) groups is 1. The molecule has 2 fully saturated rings. The van der Waals surface area contributed by atoms with Crippen molar-refractivity contribution in [3.63, 3.8) is 0 Å². The molecule has 1 N–H and O–H groups in total. The number of hydrogen-bond donors (Lipinski definition) is 1. The zero-order valence-electron chi connectivity index (χ0n) is 17.3. The highest BCUT2D eigenvalue weighted by Crippen LogP contribution is 2.21. The van der Waals surface area contributed by atoms with E-state index >= 15 is 0 Å². The fraction of sp³-hybridized carbons (Fsp3) is 0.750. The molecule has 1 aromatic heterocycles. The lowest BCUT2D eigenvalue weighted by Crippen LogP contribution is -2.47. The molecule has 1 aromatic rings. The van der Waals surface area contributed by atoms with E-state index in [0.29, 0.717) is 18.9 Å². The summed E-state index contributed by atoms with van der Waals surface area (Å²) in [4.78, 5) is 41.3. The van der Waals surface area contributed by atoms with Crippen LogP contribution in [0.2, 0.25) is 0 Å². The zero-order chi connectivity index (χ0) is 20.3. The van der Waals surface area contributed by atoms with E-state index in [0.717, 1.165) is 49.5 Å². The molecule has 156 valence electrons. The first-order chi connectivity index (χ1) is 13.4. The Balaban J connectivity index is 1.55. The van der Waals surface area contributed by atoms with E-state index in [1.165, 1.54) is 30.5 Å². The molecule has 1 atom stereocenters. The highest BCUT2D eigenvalue weighted by molar-refractivity contribution is 5.79. The van der Waals surface area contributed by atoms with Gasteiger partial charge in [-0.05, 0) is 44.7 Å². The summed E-state index contributed by atoms with van der Waals surface area (Å²) in [6.45, 7) is 7.39. The van der Waals surface area contributed by atoms with E-state index in [-0.39, 0.29) is 23.1 Å². The molecule has 28 heavy (non-hydrogen) atoms. The Morgan fingerprint density at radius 2 is 1.82 bits per heavy atom. The van der Waals surface area contributed by atoms with Crippen molar-refractivity contribution >= 4 is 11.7 Å². The first-order valence-corrected chi connectivity index (χ1v) is 10.4. The van der Waals surface area contributed by atoms with Crippen LogP contribution in [-0.2, 0) is 18.9 Å². The summed E-state index contributed by atoms with van der Waals surface area (Å²) in [5.41, 5.74) is -0.662. The molecule has 8 heteroatoms. The van der Waals surface area contributed by atoms with E-state index in [1.54, 1.807) is 7.05 Å². The summed E-state index contributed by atoms with van der Waals surface area (Å²) in [5, 5.41) is 3.09. The van der Waals surface area contributed by atoms with Gasteiger partial charge in [0, 0.05) is 46.3 Å². The first kappa shape index (κ1) is 20.6. The molecule has 1 unspecified atom stereocenters. The van der Waals surface area contributed by atoms with Gasteiger partial charge in [0.05, 0.1) is 5.92 Å². The molecule has 8 nitrogen and oxygen atoms in total. The lowest BCUT2D eigenvalue weighted by atomic mass is 9.97.